The third-order valence-corrected chi connectivity index (χ3v) is 4.27. The van der Waals surface area contributed by atoms with Crippen molar-refractivity contribution in [2.45, 2.75) is 19.3 Å². The Labute approximate surface area is 142 Å². The summed E-state index contributed by atoms with van der Waals surface area (Å²) >= 11 is 0. The van der Waals surface area contributed by atoms with E-state index < -0.39 is 0 Å². The molecule has 0 bridgehead atoms. The van der Waals surface area contributed by atoms with E-state index in [-0.39, 0.29) is 0 Å². The molecule has 1 saturated heterocycles. The molecule has 122 valence electrons. The van der Waals surface area contributed by atoms with Crippen molar-refractivity contribution in [3.8, 4) is 23.5 Å². The van der Waals surface area contributed by atoms with Crippen molar-refractivity contribution in [3.63, 3.8) is 0 Å². The first-order chi connectivity index (χ1) is 11.7. The van der Waals surface area contributed by atoms with Crippen LogP contribution in [0.15, 0.2) is 36.8 Å². The third kappa shape index (κ3) is 3.18. The molecule has 0 aromatic carbocycles. The predicted octanol–water partition coefficient (Wildman–Crippen LogP) is 2.65. The third-order valence-electron chi connectivity index (χ3n) is 4.27. The SMILES string of the molecule is C#CC(=CN)c1ncc(N2CCCCC2)cc1-c1ccc(N)nc1. The normalized spacial score (nSPS) is 15.1. The lowest BCUT2D eigenvalue weighted by molar-refractivity contribution is 0.577. The van der Waals surface area contributed by atoms with Crippen LogP contribution in [-0.4, -0.2) is 23.1 Å². The van der Waals surface area contributed by atoms with Gasteiger partial charge < -0.3 is 16.4 Å². The van der Waals surface area contributed by atoms with E-state index in [9.17, 15) is 0 Å². The zero-order valence-electron chi connectivity index (χ0n) is 13.6. The second-order valence-electron chi connectivity index (χ2n) is 5.83. The van der Waals surface area contributed by atoms with Gasteiger partial charge >= 0.3 is 0 Å². The van der Waals surface area contributed by atoms with Crippen LogP contribution in [0.3, 0.4) is 0 Å². The number of piperidine rings is 1. The predicted molar refractivity (Wildman–Crippen MR) is 98.9 cm³/mol. The van der Waals surface area contributed by atoms with Crippen molar-refractivity contribution < 1.29 is 0 Å². The maximum absolute atomic E-state index is 5.70. The fourth-order valence-corrected chi connectivity index (χ4v) is 2.97. The number of allylic oxidation sites excluding steroid dienone is 1. The lowest BCUT2D eigenvalue weighted by atomic mass is 10.00. The summed E-state index contributed by atoms with van der Waals surface area (Å²) < 4.78 is 0. The van der Waals surface area contributed by atoms with Gasteiger partial charge in [0.1, 0.15) is 5.82 Å². The Morgan fingerprint density at radius 2 is 1.96 bits per heavy atom. The monoisotopic (exact) mass is 319 g/mol. The summed E-state index contributed by atoms with van der Waals surface area (Å²) in [6, 6.07) is 5.81. The van der Waals surface area contributed by atoms with E-state index in [2.05, 4.69) is 26.9 Å². The number of hydrogen-bond acceptors (Lipinski definition) is 5. The first-order valence-electron chi connectivity index (χ1n) is 8.08. The lowest BCUT2D eigenvalue weighted by Gasteiger charge is -2.29. The van der Waals surface area contributed by atoms with E-state index in [1.165, 1.54) is 25.5 Å². The number of aromatic nitrogens is 2. The topological polar surface area (TPSA) is 81.1 Å². The quantitative estimate of drug-likeness (QED) is 0.850. The molecule has 0 amide bonds. The number of anilines is 2. The molecule has 1 aliphatic rings. The summed E-state index contributed by atoms with van der Waals surface area (Å²) in [6.45, 7) is 2.10. The Bertz CT molecular complexity index is 780. The second-order valence-corrected chi connectivity index (χ2v) is 5.83. The second kappa shape index (κ2) is 7.05. The zero-order valence-corrected chi connectivity index (χ0v) is 13.6. The van der Waals surface area contributed by atoms with Gasteiger partial charge in [-0.25, -0.2) is 4.98 Å². The molecule has 4 N–H and O–H groups in total. The highest BCUT2D eigenvalue weighted by Crippen LogP contribution is 2.31. The van der Waals surface area contributed by atoms with Crippen molar-refractivity contribution in [3.05, 3.63) is 42.5 Å². The van der Waals surface area contributed by atoms with Crippen molar-refractivity contribution in [1.29, 1.82) is 0 Å². The molecule has 3 rings (SSSR count). The zero-order chi connectivity index (χ0) is 16.9. The van der Waals surface area contributed by atoms with Gasteiger partial charge in [0, 0.05) is 36.6 Å². The average Bonchev–Trinajstić information content (AvgIpc) is 2.64. The number of nitrogens with two attached hydrogens (primary N) is 2. The van der Waals surface area contributed by atoms with Crippen molar-refractivity contribution in [1.82, 2.24) is 9.97 Å². The number of nitrogen functional groups attached to an aromatic ring is 1. The number of nitrogens with zero attached hydrogens (tertiary/aromatic N) is 3. The number of pyridine rings is 2. The molecule has 3 heterocycles. The Morgan fingerprint density at radius 3 is 2.58 bits per heavy atom. The van der Waals surface area contributed by atoms with E-state index >= 15 is 0 Å². The molecule has 0 unspecified atom stereocenters. The van der Waals surface area contributed by atoms with Gasteiger partial charge in [0.15, 0.2) is 0 Å². The standard InChI is InChI=1S/C19H21N5/c1-2-14(11-20)19-17(15-6-7-18(21)22-12-15)10-16(13-23-19)24-8-4-3-5-9-24/h1,6-7,10-13H,3-5,8-9,20H2,(H2,21,22). The Hall–Kier alpha value is -3.00. The number of hydrogen-bond donors (Lipinski definition) is 2. The summed E-state index contributed by atoms with van der Waals surface area (Å²) in [5, 5.41) is 0. The van der Waals surface area contributed by atoms with Crippen molar-refractivity contribution >= 4 is 17.1 Å². The molecular formula is C19H21N5. The van der Waals surface area contributed by atoms with Gasteiger partial charge in [-0.15, -0.1) is 6.42 Å². The number of rotatable bonds is 3. The maximum atomic E-state index is 5.70. The molecule has 0 radical (unpaired) electrons. The fraction of sp³-hybridized carbons (Fsp3) is 0.263. The minimum absolute atomic E-state index is 0.479. The molecule has 1 aliphatic heterocycles. The molecular weight excluding hydrogens is 298 g/mol. The van der Waals surface area contributed by atoms with E-state index in [0.717, 1.165) is 29.9 Å². The van der Waals surface area contributed by atoms with Crippen molar-refractivity contribution in [2.75, 3.05) is 23.7 Å². The minimum Gasteiger partial charge on any atom is -0.404 e. The van der Waals surface area contributed by atoms with Crippen molar-refractivity contribution in [2.24, 2.45) is 5.73 Å². The summed E-state index contributed by atoms with van der Waals surface area (Å²) in [5.41, 5.74) is 15.6. The molecule has 0 saturated carbocycles. The van der Waals surface area contributed by atoms with Gasteiger partial charge in [-0.3, -0.25) is 4.98 Å². The smallest absolute Gasteiger partial charge is 0.123 e. The van der Waals surface area contributed by atoms with Crippen LogP contribution in [0.1, 0.15) is 25.0 Å². The Balaban J connectivity index is 2.10. The molecule has 2 aromatic rings. The summed E-state index contributed by atoms with van der Waals surface area (Å²) in [5.74, 6) is 3.08. The molecule has 5 nitrogen and oxygen atoms in total. The van der Waals surface area contributed by atoms with E-state index in [1.807, 2.05) is 12.3 Å². The van der Waals surface area contributed by atoms with Crippen LogP contribution in [0.5, 0.6) is 0 Å². The molecule has 0 atom stereocenters. The fourth-order valence-electron chi connectivity index (χ4n) is 2.97. The van der Waals surface area contributed by atoms with Gasteiger partial charge in [0.05, 0.1) is 23.2 Å². The maximum Gasteiger partial charge on any atom is 0.123 e. The summed E-state index contributed by atoms with van der Waals surface area (Å²) in [6.07, 6.45) is 14.3. The first-order valence-corrected chi connectivity index (χ1v) is 8.08. The van der Waals surface area contributed by atoms with Crippen LogP contribution >= 0.6 is 0 Å². The van der Waals surface area contributed by atoms with Gasteiger partial charge in [-0.1, -0.05) is 5.92 Å². The van der Waals surface area contributed by atoms with Crippen LogP contribution in [0.4, 0.5) is 11.5 Å². The Kier molecular flexibility index (Phi) is 4.66. The molecule has 5 heteroatoms. The molecule has 0 aliphatic carbocycles. The summed E-state index contributed by atoms with van der Waals surface area (Å²) in [4.78, 5) is 11.1. The molecule has 0 spiro atoms. The van der Waals surface area contributed by atoms with Gasteiger partial charge in [-0.2, -0.15) is 0 Å². The van der Waals surface area contributed by atoms with Gasteiger partial charge in [-0.05, 0) is 37.5 Å². The molecule has 2 aromatic heterocycles. The first kappa shape index (κ1) is 15.9. The highest BCUT2D eigenvalue weighted by atomic mass is 15.1. The van der Waals surface area contributed by atoms with Gasteiger partial charge in [0.2, 0.25) is 0 Å². The van der Waals surface area contributed by atoms with Crippen LogP contribution in [0.25, 0.3) is 16.7 Å². The average molecular weight is 319 g/mol. The van der Waals surface area contributed by atoms with Crippen LogP contribution in [0.2, 0.25) is 0 Å². The lowest BCUT2D eigenvalue weighted by Crippen LogP contribution is -2.29. The van der Waals surface area contributed by atoms with E-state index in [1.54, 1.807) is 12.3 Å². The van der Waals surface area contributed by atoms with Crippen LogP contribution in [0, 0.1) is 12.3 Å². The largest absolute Gasteiger partial charge is 0.404 e. The van der Waals surface area contributed by atoms with Crippen LogP contribution < -0.4 is 16.4 Å². The number of terminal acetylenes is 1. The molecule has 24 heavy (non-hydrogen) atoms. The highest BCUT2D eigenvalue weighted by Gasteiger charge is 2.16. The van der Waals surface area contributed by atoms with E-state index in [0.29, 0.717) is 17.1 Å². The highest BCUT2D eigenvalue weighted by molar-refractivity contribution is 5.87. The Morgan fingerprint density at radius 1 is 1.17 bits per heavy atom. The van der Waals surface area contributed by atoms with Crippen LogP contribution in [-0.2, 0) is 0 Å². The summed E-state index contributed by atoms with van der Waals surface area (Å²) in [7, 11) is 0. The minimum atomic E-state index is 0.479. The molecule has 1 fully saturated rings. The van der Waals surface area contributed by atoms with E-state index in [4.69, 9.17) is 17.9 Å². The van der Waals surface area contributed by atoms with Gasteiger partial charge in [0.25, 0.3) is 0 Å².